The molecule has 0 amide bonds. The standard InChI is InChI=1S/C7H10O3/c8-5-7(2-1-3-7)4-6(9)10/h5H,1-4H2,(H,9,10). The van der Waals surface area contributed by atoms with Crippen molar-refractivity contribution in [3.63, 3.8) is 0 Å². The van der Waals surface area contributed by atoms with Crippen molar-refractivity contribution in [1.82, 2.24) is 0 Å². The molecule has 0 unspecified atom stereocenters. The van der Waals surface area contributed by atoms with E-state index in [0.29, 0.717) is 0 Å². The summed E-state index contributed by atoms with van der Waals surface area (Å²) in [6.45, 7) is 0. The van der Waals surface area contributed by atoms with Crippen LogP contribution < -0.4 is 0 Å². The van der Waals surface area contributed by atoms with Crippen molar-refractivity contribution < 1.29 is 14.7 Å². The first-order valence-electron chi connectivity index (χ1n) is 3.37. The Morgan fingerprint density at radius 2 is 2.20 bits per heavy atom. The van der Waals surface area contributed by atoms with Crippen molar-refractivity contribution in [3.05, 3.63) is 0 Å². The number of hydrogen-bond donors (Lipinski definition) is 1. The molecule has 0 aliphatic heterocycles. The Hall–Kier alpha value is -0.860. The molecule has 0 saturated heterocycles. The summed E-state index contributed by atoms with van der Waals surface area (Å²) in [5.74, 6) is -0.869. The van der Waals surface area contributed by atoms with Crippen LogP contribution in [-0.2, 0) is 9.59 Å². The van der Waals surface area contributed by atoms with Gasteiger partial charge < -0.3 is 9.90 Å². The molecular weight excluding hydrogens is 132 g/mol. The molecule has 1 aliphatic rings. The zero-order chi connectivity index (χ0) is 7.61. The number of carboxylic acid groups (broad SMARTS) is 1. The van der Waals surface area contributed by atoms with E-state index in [4.69, 9.17) is 5.11 Å². The van der Waals surface area contributed by atoms with Crippen LogP contribution in [0.25, 0.3) is 0 Å². The maximum absolute atomic E-state index is 10.4. The molecule has 0 spiro atoms. The average molecular weight is 142 g/mol. The summed E-state index contributed by atoms with van der Waals surface area (Å²) < 4.78 is 0. The molecule has 0 aromatic carbocycles. The van der Waals surface area contributed by atoms with Crippen LogP contribution in [0, 0.1) is 5.41 Å². The van der Waals surface area contributed by atoms with Gasteiger partial charge in [-0.3, -0.25) is 4.79 Å². The Bertz CT molecular complexity index is 158. The van der Waals surface area contributed by atoms with Gasteiger partial charge in [-0.25, -0.2) is 0 Å². The van der Waals surface area contributed by atoms with Crippen molar-refractivity contribution in [2.75, 3.05) is 0 Å². The first-order chi connectivity index (χ1) is 4.68. The lowest BCUT2D eigenvalue weighted by molar-refractivity contribution is -0.144. The summed E-state index contributed by atoms with van der Waals surface area (Å²) >= 11 is 0. The number of rotatable bonds is 3. The van der Waals surface area contributed by atoms with Crippen molar-refractivity contribution in [3.8, 4) is 0 Å². The van der Waals surface area contributed by atoms with Gasteiger partial charge >= 0.3 is 5.97 Å². The minimum atomic E-state index is -0.869. The van der Waals surface area contributed by atoms with Gasteiger partial charge in [0.15, 0.2) is 0 Å². The maximum atomic E-state index is 10.4. The lowest BCUT2D eigenvalue weighted by Crippen LogP contribution is -2.33. The van der Waals surface area contributed by atoms with Crippen LogP contribution in [0.5, 0.6) is 0 Å². The first-order valence-corrected chi connectivity index (χ1v) is 3.37. The third-order valence-electron chi connectivity index (χ3n) is 2.10. The van der Waals surface area contributed by atoms with E-state index in [0.717, 1.165) is 25.5 Å². The van der Waals surface area contributed by atoms with E-state index in [9.17, 15) is 9.59 Å². The quantitative estimate of drug-likeness (QED) is 0.594. The van der Waals surface area contributed by atoms with Crippen LogP contribution >= 0.6 is 0 Å². The van der Waals surface area contributed by atoms with Crippen molar-refractivity contribution in [1.29, 1.82) is 0 Å². The smallest absolute Gasteiger partial charge is 0.304 e. The van der Waals surface area contributed by atoms with E-state index in [1.165, 1.54) is 0 Å². The van der Waals surface area contributed by atoms with Gasteiger partial charge in [0, 0.05) is 5.41 Å². The molecule has 0 heterocycles. The van der Waals surface area contributed by atoms with Crippen LogP contribution in [0.1, 0.15) is 25.7 Å². The lowest BCUT2D eigenvalue weighted by atomic mass is 9.68. The fourth-order valence-electron chi connectivity index (χ4n) is 1.27. The Morgan fingerprint density at radius 1 is 1.60 bits per heavy atom. The molecule has 56 valence electrons. The molecule has 3 heteroatoms. The van der Waals surface area contributed by atoms with Crippen LogP contribution in [0.4, 0.5) is 0 Å². The lowest BCUT2D eigenvalue weighted by Gasteiger charge is -2.34. The highest BCUT2D eigenvalue weighted by Gasteiger charge is 2.38. The second-order valence-corrected chi connectivity index (χ2v) is 2.90. The van der Waals surface area contributed by atoms with Gasteiger partial charge in [-0.1, -0.05) is 6.42 Å². The Labute approximate surface area is 59.0 Å². The second kappa shape index (κ2) is 2.40. The number of carbonyl (C=O) groups is 2. The second-order valence-electron chi connectivity index (χ2n) is 2.90. The van der Waals surface area contributed by atoms with Gasteiger partial charge in [-0.15, -0.1) is 0 Å². The molecule has 1 N–H and O–H groups in total. The predicted molar refractivity (Wildman–Crippen MR) is 34.6 cm³/mol. The van der Waals surface area contributed by atoms with Crippen molar-refractivity contribution in [2.45, 2.75) is 25.7 Å². The molecule has 1 fully saturated rings. The number of aliphatic carboxylic acids is 1. The molecule has 0 atom stereocenters. The van der Waals surface area contributed by atoms with Crippen LogP contribution in [-0.4, -0.2) is 17.4 Å². The van der Waals surface area contributed by atoms with Gasteiger partial charge in [0.2, 0.25) is 0 Å². The summed E-state index contributed by atoms with van der Waals surface area (Å²) in [4.78, 5) is 20.6. The van der Waals surface area contributed by atoms with Crippen LogP contribution in [0.15, 0.2) is 0 Å². The first kappa shape index (κ1) is 7.25. The number of carboxylic acids is 1. The van der Waals surface area contributed by atoms with Gasteiger partial charge in [-0.05, 0) is 12.8 Å². The van der Waals surface area contributed by atoms with Crippen LogP contribution in [0.2, 0.25) is 0 Å². The topological polar surface area (TPSA) is 54.4 Å². The number of carbonyl (C=O) groups excluding carboxylic acids is 1. The molecule has 0 aromatic heterocycles. The molecule has 3 nitrogen and oxygen atoms in total. The zero-order valence-corrected chi connectivity index (χ0v) is 5.67. The minimum absolute atomic E-state index is 0.0104. The minimum Gasteiger partial charge on any atom is -0.481 e. The largest absolute Gasteiger partial charge is 0.481 e. The molecule has 0 bridgehead atoms. The monoisotopic (exact) mass is 142 g/mol. The summed E-state index contributed by atoms with van der Waals surface area (Å²) in [7, 11) is 0. The van der Waals surface area contributed by atoms with Crippen LogP contribution in [0.3, 0.4) is 0 Å². The van der Waals surface area contributed by atoms with Crippen molar-refractivity contribution in [2.24, 2.45) is 5.41 Å². The highest BCUT2D eigenvalue weighted by Crippen LogP contribution is 2.41. The summed E-state index contributed by atoms with van der Waals surface area (Å²) in [6.07, 6.45) is 3.30. The Morgan fingerprint density at radius 3 is 2.30 bits per heavy atom. The van der Waals surface area contributed by atoms with E-state index in [-0.39, 0.29) is 6.42 Å². The van der Waals surface area contributed by atoms with E-state index >= 15 is 0 Å². The molecule has 0 radical (unpaired) electrons. The SMILES string of the molecule is O=CC1(CC(=O)O)CCC1. The Balaban J connectivity index is 2.48. The highest BCUT2D eigenvalue weighted by molar-refractivity contribution is 5.75. The van der Waals surface area contributed by atoms with E-state index in [2.05, 4.69) is 0 Å². The highest BCUT2D eigenvalue weighted by atomic mass is 16.4. The molecule has 0 aromatic rings. The summed E-state index contributed by atoms with van der Waals surface area (Å²) in [5.41, 5.74) is -0.494. The molecular formula is C7H10O3. The van der Waals surface area contributed by atoms with E-state index < -0.39 is 11.4 Å². The molecule has 1 rings (SSSR count). The van der Waals surface area contributed by atoms with Crippen molar-refractivity contribution >= 4 is 12.3 Å². The number of hydrogen-bond acceptors (Lipinski definition) is 2. The number of aldehydes is 1. The molecule has 10 heavy (non-hydrogen) atoms. The van der Waals surface area contributed by atoms with Gasteiger partial charge in [0.05, 0.1) is 6.42 Å². The Kier molecular flexibility index (Phi) is 1.74. The maximum Gasteiger partial charge on any atom is 0.304 e. The summed E-state index contributed by atoms with van der Waals surface area (Å²) in [6, 6.07) is 0. The average Bonchev–Trinajstić information content (AvgIpc) is 1.78. The third-order valence-corrected chi connectivity index (χ3v) is 2.10. The normalized spacial score (nSPS) is 21.2. The van der Waals surface area contributed by atoms with E-state index in [1.807, 2.05) is 0 Å². The third kappa shape index (κ3) is 1.17. The summed E-state index contributed by atoms with van der Waals surface area (Å²) in [5, 5.41) is 8.39. The fourth-order valence-corrected chi connectivity index (χ4v) is 1.27. The molecule has 1 aliphatic carbocycles. The fraction of sp³-hybridized carbons (Fsp3) is 0.714. The van der Waals surface area contributed by atoms with Gasteiger partial charge in [0.1, 0.15) is 6.29 Å². The van der Waals surface area contributed by atoms with Gasteiger partial charge in [-0.2, -0.15) is 0 Å². The zero-order valence-electron chi connectivity index (χ0n) is 5.67. The predicted octanol–water partition coefficient (Wildman–Crippen LogP) is 0.830. The molecule has 1 saturated carbocycles. The van der Waals surface area contributed by atoms with E-state index in [1.54, 1.807) is 0 Å². The van der Waals surface area contributed by atoms with Gasteiger partial charge in [0.25, 0.3) is 0 Å².